The van der Waals surface area contributed by atoms with E-state index in [0.29, 0.717) is 0 Å². The van der Waals surface area contributed by atoms with Crippen molar-refractivity contribution in [2.75, 3.05) is 19.6 Å². The van der Waals surface area contributed by atoms with Gasteiger partial charge in [0.2, 0.25) is 0 Å². The van der Waals surface area contributed by atoms with Crippen LogP contribution >= 0.6 is 0 Å². The van der Waals surface area contributed by atoms with Crippen LogP contribution < -0.4 is 5.32 Å². The Bertz CT molecular complexity index is 277. The lowest BCUT2D eigenvalue weighted by molar-refractivity contribution is 0.0816. The minimum Gasteiger partial charge on any atom is -0.364 e. The van der Waals surface area contributed by atoms with Gasteiger partial charge in [-0.05, 0) is 26.0 Å². The van der Waals surface area contributed by atoms with Crippen molar-refractivity contribution in [2.24, 2.45) is 0 Å². The van der Waals surface area contributed by atoms with Crippen molar-refractivity contribution in [1.82, 2.24) is 15.2 Å². The molecule has 0 bridgehead atoms. The second-order valence-electron chi connectivity index (χ2n) is 4.61. The summed E-state index contributed by atoms with van der Waals surface area (Å²) in [6, 6.07) is 4.21. The van der Waals surface area contributed by atoms with Crippen LogP contribution in [0.3, 0.4) is 0 Å². The Labute approximate surface area is 85.5 Å². The number of aromatic nitrogens is 1. The first-order chi connectivity index (χ1) is 6.68. The van der Waals surface area contributed by atoms with Gasteiger partial charge in [0.05, 0.1) is 0 Å². The number of nitrogens with zero attached hydrogens (tertiary/aromatic N) is 1. The molecule has 0 amide bonds. The van der Waals surface area contributed by atoms with Gasteiger partial charge >= 0.3 is 0 Å². The van der Waals surface area contributed by atoms with Crippen LogP contribution in [-0.2, 0) is 6.54 Å². The highest BCUT2D eigenvalue weighted by Gasteiger charge is 2.29. The number of nitrogens with one attached hydrogen (secondary N) is 2. The maximum absolute atomic E-state index is 3.43. The SMILES string of the molecule is CC1(C)CNCCN1Cc1ccc[nH]1. The largest absolute Gasteiger partial charge is 0.364 e. The highest BCUT2D eigenvalue weighted by atomic mass is 15.2. The van der Waals surface area contributed by atoms with Gasteiger partial charge in [-0.2, -0.15) is 0 Å². The quantitative estimate of drug-likeness (QED) is 0.739. The fourth-order valence-corrected chi connectivity index (χ4v) is 1.99. The third-order valence-corrected chi connectivity index (χ3v) is 3.00. The monoisotopic (exact) mass is 193 g/mol. The molecular formula is C11H19N3. The van der Waals surface area contributed by atoms with Crippen molar-refractivity contribution < 1.29 is 0 Å². The summed E-state index contributed by atoms with van der Waals surface area (Å²) in [4.78, 5) is 5.78. The van der Waals surface area contributed by atoms with Crippen LogP contribution in [0.25, 0.3) is 0 Å². The number of H-pyrrole nitrogens is 1. The molecule has 0 atom stereocenters. The molecule has 3 nitrogen and oxygen atoms in total. The highest BCUT2D eigenvalue weighted by Crippen LogP contribution is 2.18. The summed E-state index contributed by atoms with van der Waals surface area (Å²) in [6.07, 6.45) is 1.99. The van der Waals surface area contributed by atoms with Gasteiger partial charge in [-0.3, -0.25) is 4.90 Å². The van der Waals surface area contributed by atoms with E-state index in [0.717, 1.165) is 26.2 Å². The lowest BCUT2D eigenvalue weighted by Crippen LogP contribution is -2.57. The molecule has 1 aromatic rings. The molecule has 14 heavy (non-hydrogen) atoms. The predicted octanol–water partition coefficient (Wildman–Crippen LogP) is 1.20. The second kappa shape index (κ2) is 3.75. The van der Waals surface area contributed by atoms with Crippen LogP contribution in [0.15, 0.2) is 18.3 Å². The molecule has 0 unspecified atom stereocenters. The van der Waals surface area contributed by atoms with E-state index in [9.17, 15) is 0 Å². The van der Waals surface area contributed by atoms with E-state index in [1.807, 2.05) is 6.20 Å². The van der Waals surface area contributed by atoms with E-state index < -0.39 is 0 Å². The summed E-state index contributed by atoms with van der Waals surface area (Å²) in [5, 5.41) is 3.43. The Morgan fingerprint density at radius 2 is 2.36 bits per heavy atom. The molecule has 0 spiro atoms. The van der Waals surface area contributed by atoms with E-state index in [4.69, 9.17) is 0 Å². The molecule has 2 N–H and O–H groups in total. The van der Waals surface area contributed by atoms with Crippen LogP contribution in [0, 0.1) is 0 Å². The molecule has 1 fully saturated rings. The van der Waals surface area contributed by atoms with Crippen molar-refractivity contribution >= 4 is 0 Å². The topological polar surface area (TPSA) is 31.1 Å². The molecule has 0 aliphatic carbocycles. The first-order valence-corrected chi connectivity index (χ1v) is 5.26. The van der Waals surface area contributed by atoms with Crippen molar-refractivity contribution in [2.45, 2.75) is 25.9 Å². The summed E-state index contributed by atoms with van der Waals surface area (Å²) in [7, 11) is 0. The summed E-state index contributed by atoms with van der Waals surface area (Å²) in [6.45, 7) is 8.93. The Kier molecular flexibility index (Phi) is 2.61. The molecule has 1 aliphatic rings. The van der Waals surface area contributed by atoms with Crippen LogP contribution in [0.2, 0.25) is 0 Å². The number of rotatable bonds is 2. The van der Waals surface area contributed by atoms with Gasteiger partial charge in [-0.1, -0.05) is 0 Å². The van der Waals surface area contributed by atoms with Crippen molar-refractivity contribution in [3.8, 4) is 0 Å². The molecule has 1 aliphatic heterocycles. The maximum atomic E-state index is 3.43. The van der Waals surface area contributed by atoms with Gasteiger partial charge in [0.1, 0.15) is 0 Å². The van der Waals surface area contributed by atoms with E-state index in [1.54, 1.807) is 0 Å². The predicted molar refractivity (Wildman–Crippen MR) is 58.2 cm³/mol. The third-order valence-electron chi connectivity index (χ3n) is 3.00. The second-order valence-corrected chi connectivity index (χ2v) is 4.61. The molecule has 2 rings (SSSR count). The smallest absolute Gasteiger partial charge is 0.0391 e. The molecule has 0 saturated carbocycles. The zero-order chi connectivity index (χ0) is 10.0. The van der Waals surface area contributed by atoms with Crippen LogP contribution in [-0.4, -0.2) is 35.1 Å². The Balaban J connectivity index is 2.02. The van der Waals surface area contributed by atoms with E-state index in [-0.39, 0.29) is 5.54 Å². The average molecular weight is 193 g/mol. The fourth-order valence-electron chi connectivity index (χ4n) is 1.99. The number of aromatic amines is 1. The molecule has 1 saturated heterocycles. The zero-order valence-electron chi connectivity index (χ0n) is 9.01. The first kappa shape index (κ1) is 9.74. The fraction of sp³-hybridized carbons (Fsp3) is 0.636. The minimum atomic E-state index is 0.267. The lowest BCUT2D eigenvalue weighted by atomic mass is 10.00. The lowest BCUT2D eigenvalue weighted by Gasteiger charge is -2.42. The van der Waals surface area contributed by atoms with Gasteiger partial charge < -0.3 is 10.3 Å². The molecule has 0 aromatic carbocycles. The Morgan fingerprint density at radius 3 is 3.00 bits per heavy atom. The van der Waals surface area contributed by atoms with E-state index >= 15 is 0 Å². The number of hydrogen-bond acceptors (Lipinski definition) is 2. The molecule has 78 valence electrons. The van der Waals surface area contributed by atoms with Gasteiger partial charge in [0.25, 0.3) is 0 Å². The normalized spacial score (nSPS) is 22.4. The van der Waals surface area contributed by atoms with Gasteiger partial charge in [-0.25, -0.2) is 0 Å². The molecule has 3 heteroatoms. The Hall–Kier alpha value is -0.800. The summed E-state index contributed by atoms with van der Waals surface area (Å²) >= 11 is 0. The van der Waals surface area contributed by atoms with Crippen molar-refractivity contribution in [3.63, 3.8) is 0 Å². The summed E-state index contributed by atoms with van der Waals surface area (Å²) in [5.41, 5.74) is 1.57. The van der Waals surface area contributed by atoms with Crippen molar-refractivity contribution in [3.05, 3.63) is 24.0 Å². The van der Waals surface area contributed by atoms with Crippen molar-refractivity contribution in [1.29, 1.82) is 0 Å². The third kappa shape index (κ3) is 1.99. The standard InChI is InChI=1S/C11H19N3/c1-11(2)9-12-6-7-14(11)8-10-4-3-5-13-10/h3-5,12-13H,6-9H2,1-2H3. The van der Waals surface area contributed by atoms with Crippen LogP contribution in [0.4, 0.5) is 0 Å². The first-order valence-electron chi connectivity index (χ1n) is 5.26. The molecular weight excluding hydrogens is 174 g/mol. The van der Waals surface area contributed by atoms with E-state index in [2.05, 4.69) is 41.2 Å². The van der Waals surface area contributed by atoms with Gasteiger partial charge in [0, 0.05) is 43.6 Å². The highest BCUT2D eigenvalue weighted by molar-refractivity contribution is 5.05. The molecule has 1 aromatic heterocycles. The molecule has 0 radical (unpaired) electrons. The number of hydrogen-bond donors (Lipinski definition) is 2. The molecule has 2 heterocycles. The average Bonchev–Trinajstić information content (AvgIpc) is 2.61. The summed E-state index contributed by atoms with van der Waals surface area (Å²) in [5.74, 6) is 0. The van der Waals surface area contributed by atoms with Crippen LogP contribution in [0.1, 0.15) is 19.5 Å². The Morgan fingerprint density at radius 1 is 1.50 bits per heavy atom. The zero-order valence-corrected chi connectivity index (χ0v) is 9.01. The summed E-state index contributed by atoms with van der Waals surface area (Å²) < 4.78 is 0. The van der Waals surface area contributed by atoms with Crippen LogP contribution in [0.5, 0.6) is 0 Å². The number of piperazine rings is 1. The van der Waals surface area contributed by atoms with E-state index in [1.165, 1.54) is 5.69 Å². The maximum Gasteiger partial charge on any atom is 0.0391 e. The van der Waals surface area contributed by atoms with Gasteiger partial charge in [-0.15, -0.1) is 0 Å². The minimum absolute atomic E-state index is 0.267. The van der Waals surface area contributed by atoms with Gasteiger partial charge in [0.15, 0.2) is 0 Å².